The molecular formula is C20H16O3. The fourth-order valence-corrected chi connectivity index (χ4v) is 2.06. The summed E-state index contributed by atoms with van der Waals surface area (Å²) in [6.45, 7) is 1.98. The van der Waals surface area contributed by atoms with E-state index in [2.05, 4.69) is 0 Å². The van der Waals surface area contributed by atoms with Gasteiger partial charge in [-0.1, -0.05) is 35.9 Å². The Morgan fingerprint density at radius 2 is 1.26 bits per heavy atom. The predicted molar refractivity (Wildman–Crippen MR) is 89.1 cm³/mol. The number of carbonyl (C=O) groups is 1. The van der Waals surface area contributed by atoms with E-state index in [9.17, 15) is 4.79 Å². The van der Waals surface area contributed by atoms with Crippen LogP contribution in [0.25, 0.3) is 0 Å². The minimum atomic E-state index is -0.389. The second-order valence-corrected chi connectivity index (χ2v) is 5.14. The highest BCUT2D eigenvalue weighted by Gasteiger charge is 2.08. The van der Waals surface area contributed by atoms with Gasteiger partial charge in [-0.25, -0.2) is 4.79 Å². The van der Waals surface area contributed by atoms with Crippen molar-refractivity contribution in [3.8, 4) is 17.2 Å². The molecule has 0 radical (unpaired) electrons. The summed E-state index contributed by atoms with van der Waals surface area (Å²) in [4.78, 5) is 12.1. The lowest BCUT2D eigenvalue weighted by atomic mass is 10.2. The van der Waals surface area contributed by atoms with Gasteiger partial charge in [0.1, 0.15) is 17.2 Å². The number of aryl methyl sites for hydroxylation is 1. The molecular weight excluding hydrogens is 288 g/mol. The molecule has 0 aromatic heterocycles. The van der Waals surface area contributed by atoms with Crippen LogP contribution in [0.4, 0.5) is 0 Å². The average molecular weight is 304 g/mol. The minimum Gasteiger partial charge on any atom is -0.457 e. The summed E-state index contributed by atoms with van der Waals surface area (Å²) in [7, 11) is 0. The number of ether oxygens (including phenoxy) is 2. The van der Waals surface area contributed by atoms with Crippen LogP contribution >= 0.6 is 0 Å². The summed E-state index contributed by atoms with van der Waals surface area (Å²) in [5, 5.41) is 0. The van der Waals surface area contributed by atoms with Crippen molar-refractivity contribution in [2.24, 2.45) is 0 Å². The van der Waals surface area contributed by atoms with Crippen molar-refractivity contribution < 1.29 is 14.3 Å². The van der Waals surface area contributed by atoms with Crippen LogP contribution in [0.2, 0.25) is 0 Å². The molecule has 0 unspecified atom stereocenters. The zero-order valence-corrected chi connectivity index (χ0v) is 12.7. The van der Waals surface area contributed by atoms with Gasteiger partial charge in [0.15, 0.2) is 0 Å². The third-order valence-electron chi connectivity index (χ3n) is 3.30. The van der Waals surface area contributed by atoms with Crippen LogP contribution in [0.5, 0.6) is 17.2 Å². The first-order valence-corrected chi connectivity index (χ1v) is 7.32. The van der Waals surface area contributed by atoms with Gasteiger partial charge in [0, 0.05) is 0 Å². The third kappa shape index (κ3) is 3.98. The van der Waals surface area contributed by atoms with Crippen molar-refractivity contribution >= 4 is 5.97 Å². The summed E-state index contributed by atoms with van der Waals surface area (Å²) in [6, 6.07) is 23.7. The van der Waals surface area contributed by atoms with E-state index in [0.29, 0.717) is 17.1 Å². The van der Waals surface area contributed by atoms with E-state index in [1.807, 2.05) is 49.4 Å². The quantitative estimate of drug-likeness (QED) is 0.502. The lowest BCUT2D eigenvalue weighted by Crippen LogP contribution is -2.08. The minimum absolute atomic E-state index is 0.389. The van der Waals surface area contributed by atoms with Gasteiger partial charge in [0.25, 0.3) is 0 Å². The second kappa shape index (κ2) is 6.79. The first kappa shape index (κ1) is 14.9. The second-order valence-electron chi connectivity index (χ2n) is 5.14. The summed E-state index contributed by atoms with van der Waals surface area (Å²) in [5.41, 5.74) is 1.60. The Bertz CT molecular complexity index is 775. The van der Waals surface area contributed by atoms with Gasteiger partial charge in [-0.15, -0.1) is 0 Å². The third-order valence-corrected chi connectivity index (χ3v) is 3.30. The maximum Gasteiger partial charge on any atom is 0.343 e. The van der Waals surface area contributed by atoms with Crippen LogP contribution in [-0.4, -0.2) is 5.97 Å². The van der Waals surface area contributed by atoms with Gasteiger partial charge in [0.2, 0.25) is 0 Å². The summed E-state index contributed by atoms with van der Waals surface area (Å²) < 4.78 is 11.0. The monoisotopic (exact) mass is 304 g/mol. The van der Waals surface area contributed by atoms with Gasteiger partial charge in [-0.3, -0.25) is 0 Å². The van der Waals surface area contributed by atoms with Gasteiger partial charge >= 0.3 is 5.97 Å². The lowest BCUT2D eigenvalue weighted by molar-refractivity contribution is 0.0734. The number of hydrogen-bond acceptors (Lipinski definition) is 3. The van der Waals surface area contributed by atoms with Crippen LogP contribution < -0.4 is 9.47 Å². The number of hydrogen-bond donors (Lipinski definition) is 0. The van der Waals surface area contributed by atoms with Crippen molar-refractivity contribution in [3.63, 3.8) is 0 Å². The number of para-hydroxylation sites is 1. The molecule has 0 saturated heterocycles. The molecule has 114 valence electrons. The van der Waals surface area contributed by atoms with E-state index in [-0.39, 0.29) is 5.97 Å². The Balaban J connectivity index is 1.66. The first-order chi connectivity index (χ1) is 11.2. The van der Waals surface area contributed by atoms with Crippen LogP contribution in [0.15, 0.2) is 78.9 Å². The summed E-state index contributed by atoms with van der Waals surface area (Å²) in [5.74, 6) is 1.57. The van der Waals surface area contributed by atoms with E-state index in [1.54, 1.807) is 36.4 Å². The van der Waals surface area contributed by atoms with Gasteiger partial charge < -0.3 is 9.47 Å². The van der Waals surface area contributed by atoms with Crippen molar-refractivity contribution in [1.29, 1.82) is 0 Å². The topological polar surface area (TPSA) is 35.5 Å². The maximum atomic E-state index is 12.1. The number of benzene rings is 3. The molecule has 3 heteroatoms. The Kier molecular flexibility index (Phi) is 4.39. The molecule has 0 aliphatic rings. The Labute approximate surface area is 135 Å². The summed E-state index contributed by atoms with van der Waals surface area (Å²) >= 11 is 0. The molecule has 0 heterocycles. The fraction of sp³-hybridized carbons (Fsp3) is 0.0500. The highest BCUT2D eigenvalue weighted by Crippen LogP contribution is 2.22. The van der Waals surface area contributed by atoms with Crippen molar-refractivity contribution in [2.75, 3.05) is 0 Å². The van der Waals surface area contributed by atoms with Crippen LogP contribution in [0, 0.1) is 6.92 Å². The van der Waals surface area contributed by atoms with Crippen LogP contribution in [0.1, 0.15) is 15.9 Å². The Morgan fingerprint density at radius 1 is 0.696 bits per heavy atom. The Hall–Kier alpha value is -3.07. The molecule has 0 saturated carbocycles. The molecule has 0 fully saturated rings. The molecule has 3 rings (SSSR count). The Morgan fingerprint density at radius 3 is 1.91 bits per heavy atom. The zero-order chi connectivity index (χ0) is 16.1. The van der Waals surface area contributed by atoms with E-state index in [0.717, 1.165) is 11.3 Å². The van der Waals surface area contributed by atoms with E-state index < -0.39 is 0 Å². The van der Waals surface area contributed by atoms with Crippen LogP contribution in [0.3, 0.4) is 0 Å². The highest BCUT2D eigenvalue weighted by atomic mass is 16.5. The fourth-order valence-electron chi connectivity index (χ4n) is 2.06. The van der Waals surface area contributed by atoms with Gasteiger partial charge in [0.05, 0.1) is 5.56 Å². The molecule has 3 nitrogen and oxygen atoms in total. The number of esters is 1. The molecule has 0 aliphatic carbocycles. The smallest absolute Gasteiger partial charge is 0.343 e. The molecule has 23 heavy (non-hydrogen) atoms. The SMILES string of the molecule is Cc1ccc(OC(=O)c2ccc(Oc3ccccc3)cc2)cc1. The molecule has 0 N–H and O–H groups in total. The molecule has 3 aromatic rings. The lowest BCUT2D eigenvalue weighted by Gasteiger charge is -2.07. The first-order valence-electron chi connectivity index (χ1n) is 7.32. The largest absolute Gasteiger partial charge is 0.457 e. The molecule has 0 aliphatic heterocycles. The van der Waals surface area contributed by atoms with E-state index >= 15 is 0 Å². The molecule has 0 atom stereocenters. The van der Waals surface area contributed by atoms with Gasteiger partial charge in [-0.2, -0.15) is 0 Å². The maximum absolute atomic E-state index is 12.1. The molecule has 0 spiro atoms. The number of carbonyl (C=O) groups excluding carboxylic acids is 1. The van der Waals surface area contributed by atoms with E-state index in [4.69, 9.17) is 9.47 Å². The van der Waals surface area contributed by atoms with Gasteiger partial charge in [-0.05, 0) is 55.5 Å². The van der Waals surface area contributed by atoms with Crippen LogP contribution in [-0.2, 0) is 0 Å². The molecule has 3 aromatic carbocycles. The predicted octanol–water partition coefficient (Wildman–Crippen LogP) is 5.01. The standard InChI is InChI=1S/C20H16O3/c1-15-7-11-19(12-8-15)23-20(21)16-9-13-18(14-10-16)22-17-5-3-2-4-6-17/h2-14H,1H3. The zero-order valence-electron chi connectivity index (χ0n) is 12.7. The summed E-state index contributed by atoms with van der Waals surface area (Å²) in [6.07, 6.45) is 0. The van der Waals surface area contributed by atoms with Crippen molar-refractivity contribution in [3.05, 3.63) is 90.0 Å². The van der Waals surface area contributed by atoms with E-state index in [1.165, 1.54) is 0 Å². The molecule has 0 bridgehead atoms. The van der Waals surface area contributed by atoms with Crippen molar-refractivity contribution in [2.45, 2.75) is 6.92 Å². The molecule has 0 amide bonds. The normalized spacial score (nSPS) is 10.1. The van der Waals surface area contributed by atoms with Crippen molar-refractivity contribution in [1.82, 2.24) is 0 Å². The average Bonchev–Trinajstić information content (AvgIpc) is 2.58. The number of rotatable bonds is 4. The highest BCUT2D eigenvalue weighted by molar-refractivity contribution is 5.91.